The summed E-state index contributed by atoms with van der Waals surface area (Å²) < 4.78 is 5.40. The smallest absolute Gasteiger partial charge is 0.408 e. The lowest BCUT2D eigenvalue weighted by Crippen LogP contribution is -2.55. The number of hydrogen-bond acceptors (Lipinski definition) is 5. The molecule has 198 valence electrons. The van der Waals surface area contributed by atoms with Gasteiger partial charge in [-0.3, -0.25) is 9.59 Å². The summed E-state index contributed by atoms with van der Waals surface area (Å²) in [6.07, 6.45) is 4.95. The van der Waals surface area contributed by atoms with Crippen LogP contribution in [-0.2, 0) is 14.3 Å². The molecule has 1 aromatic rings. The highest BCUT2D eigenvalue weighted by Gasteiger charge is 2.38. The maximum absolute atomic E-state index is 14.0. The number of alkyl carbamates (subject to hydrolysis) is 1. The molecule has 1 aliphatic rings. The van der Waals surface area contributed by atoms with E-state index < -0.39 is 29.7 Å². The van der Waals surface area contributed by atoms with Gasteiger partial charge in [0.15, 0.2) is 0 Å². The largest absolute Gasteiger partial charge is 0.444 e. The minimum atomic E-state index is -0.994. The van der Waals surface area contributed by atoms with Gasteiger partial charge < -0.3 is 20.3 Å². The quantitative estimate of drug-likeness (QED) is 0.476. The Morgan fingerprint density at radius 1 is 1.19 bits per heavy atom. The van der Waals surface area contributed by atoms with Crippen molar-refractivity contribution in [2.45, 2.75) is 104 Å². The predicted molar refractivity (Wildman–Crippen MR) is 139 cm³/mol. The van der Waals surface area contributed by atoms with E-state index in [0.717, 1.165) is 37.7 Å². The maximum atomic E-state index is 14.0. The van der Waals surface area contributed by atoms with Crippen molar-refractivity contribution >= 4 is 17.9 Å². The number of nitrogens with zero attached hydrogens (tertiary/aromatic N) is 2. The molecule has 2 rings (SSSR count). The third-order valence-corrected chi connectivity index (χ3v) is 6.54. The molecule has 1 aliphatic carbocycles. The van der Waals surface area contributed by atoms with E-state index in [1.54, 1.807) is 26.8 Å². The number of aryl methyl sites for hydroxylation is 1. The van der Waals surface area contributed by atoms with Crippen molar-refractivity contribution in [3.63, 3.8) is 0 Å². The molecule has 0 bridgehead atoms. The summed E-state index contributed by atoms with van der Waals surface area (Å²) in [6, 6.07) is 7.58. The molecule has 3 atom stereocenters. The Morgan fingerprint density at radius 3 is 2.42 bits per heavy atom. The molecule has 0 aliphatic heterocycles. The number of ether oxygens (including phenoxy) is 1. The molecular formula is C28H42N4O4. The first kappa shape index (κ1) is 29.2. The third kappa shape index (κ3) is 8.54. The Balaban J connectivity index is 2.44. The number of nitriles is 1. The fourth-order valence-electron chi connectivity index (χ4n) is 4.51. The molecule has 0 heterocycles. The highest BCUT2D eigenvalue weighted by atomic mass is 16.6. The van der Waals surface area contributed by atoms with Gasteiger partial charge in [0.1, 0.15) is 24.2 Å². The zero-order valence-corrected chi connectivity index (χ0v) is 22.6. The molecule has 0 saturated heterocycles. The average molecular weight is 499 g/mol. The number of carbonyl (C=O) groups excluding carboxylic acids is 3. The summed E-state index contributed by atoms with van der Waals surface area (Å²) in [5.41, 5.74) is 0.841. The van der Waals surface area contributed by atoms with E-state index in [1.807, 2.05) is 39.0 Å². The fourth-order valence-corrected chi connectivity index (χ4v) is 4.51. The molecule has 3 unspecified atom stereocenters. The Morgan fingerprint density at radius 2 is 1.86 bits per heavy atom. The van der Waals surface area contributed by atoms with Crippen LogP contribution in [0.3, 0.4) is 0 Å². The van der Waals surface area contributed by atoms with Gasteiger partial charge in [-0.25, -0.2) is 4.79 Å². The highest BCUT2D eigenvalue weighted by molar-refractivity contribution is 5.92. The molecule has 2 N–H and O–H groups in total. The molecule has 1 saturated carbocycles. The molecule has 8 heteroatoms. The highest BCUT2D eigenvalue weighted by Crippen LogP contribution is 2.26. The lowest BCUT2D eigenvalue weighted by molar-refractivity contribution is -0.143. The second kappa shape index (κ2) is 13.3. The van der Waals surface area contributed by atoms with Crippen molar-refractivity contribution in [3.8, 4) is 6.07 Å². The number of amides is 3. The monoisotopic (exact) mass is 498 g/mol. The summed E-state index contributed by atoms with van der Waals surface area (Å²) in [5, 5.41) is 15.5. The Kier molecular flexibility index (Phi) is 10.8. The van der Waals surface area contributed by atoms with Crippen LogP contribution in [0.1, 0.15) is 90.3 Å². The molecule has 0 aromatic heterocycles. The van der Waals surface area contributed by atoms with Crippen LogP contribution >= 0.6 is 0 Å². The first-order chi connectivity index (χ1) is 17.0. The fraction of sp³-hybridized carbons (Fsp3) is 0.643. The molecule has 1 fully saturated rings. The van der Waals surface area contributed by atoms with Crippen LogP contribution in [0.5, 0.6) is 0 Å². The number of rotatable bonds is 9. The number of carbonyl (C=O) groups is 3. The molecule has 0 spiro atoms. The summed E-state index contributed by atoms with van der Waals surface area (Å²) in [6.45, 7) is 10.6. The van der Waals surface area contributed by atoms with Crippen LogP contribution in [0.25, 0.3) is 0 Å². The van der Waals surface area contributed by atoms with Crippen molar-refractivity contribution in [2.75, 3.05) is 6.54 Å². The van der Waals surface area contributed by atoms with Gasteiger partial charge in [-0.1, -0.05) is 69.4 Å². The zero-order chi connectivity index (χ0) is 26.9. The van der Waals surface area contributed by atoms with E-state index in [4.69, 9.17) is 4.74 Å². The van der Waals surface area contributed by atoms with Gasteiger partial charge in [-0.15, -0.1) is 0 Å². The van der Waals surface area contributed by atoms with Gasteiger partial charge >= 0.3 is 6.09 Å². The van der Waals surface area contributed by atoms with Crippen molar-refractivity contribution in [2.24, 2.45) is 5.92 Å². The second-order valence-corrected chi connectivity index (χ2v) is 10.8. The second-order valence-electron chi connectivity index (χ2n) is 10.8. The van der Waals surface area contributed by atoms with Crippen LogP contribution in [0.15, 0.2) is 24.3 Å². The molecule has 1 aromatic carbocycles. The van der Waals surface area contributed by atoms with E-state index >= 15 is 0 Å². The van der Waals surface area contributed by atoms with Crippen molar-refractivity contribution < 1.29 is 19.1 Å². The SMILES string of the molecule is CCC(C)C(NC(=O)OC(C)(C)C)C(=O)N(CC#N)C(C(=O)NC1CCCCC1)c1cccc(C)c1. The normalized spacial score (nSPS) is 16.7. The Labute approximate surface area is 215 Å². The van der Waals surface area contributed by atoms with Crippen LogP contribution in [-0.4, -0.2) is 47.0 Å². The van der Waals surface area contributed by atoms with Crippen LogP contribution in [0.2, 0.25) is 0 Å². The topological polar surface area (TPSA) is 112 Å². The van der Waals surface area contributed by atoms with E-state index in [2.05, 4.69) is 16.7 Å². The van der Waals surface area contributed by atoms with E-state index in [1.165, 1.54) is 4.90 Å². The third-order valence-electron chi connectivity index (χ3n) is 6.54. The minimum absolute atomic E-state index is 0.0443. The number of benzene rings is 1. The molecule has 3 amide bonds. The molecule has 8 nitrogen and oxygen atoms in total. The van der Waals surface area contributed by atoms with Gasteiger partial charge in [0.05, 0.1) is 6.07 Å². The summed E-state index contributed by atoms with van der Waals surface area (Å²) >= 11 is 0. The van der Waals surface area contributed by atoms with Gasteiger partial charge in [0, 0.05) is 6.04 Å². The summed E-state index contributed by atoms with van der Waals surface area (Å²) in [7, 11) is 0. The van der Waals surface area contributed by atoms with Crippen molar-refractivity contribution in [3.05, 3.63) is 35.4 Å². The van der Waals surface area contributed by atoms with Gasteiger partial charge in [0.2, 0.25) is 11.8 Å². The van der Waals surface area contributed by atoms with Gasteiger partial charge in [-0.05, 0) is 52.0 Å². The van der Waals surface area contributed by atoms with E-state index in [-0.39, 0.29) is 24.4 Å². The Bertz CT molecular complexity index is 944. The maximum Gasteiger partial charge on any atom is 0.408 e. The number of nitrogens with one attached hydrogen (secondary N) is 2. The standard InChI is InChI=1S/C28H42N4O4/c1-7-20(3)23(31-27(35)36-28(4,5)6)26(34)32(17-16-29)24(21-13-11-12-19(2)18-21)25(33)30-22-14-9-8-10-15-22/h11-13,18,20,22-24H,7-10,14-15,17H2,1-6H3,(H,30,33)(H,31,35). The average Bonchev–Trinajstić information content (AvgIpc) is 2.81. The van der Waals surface area contributed by atoms with Crippen molar-refractivity contribution in [1.29, 1.82) is 5.26 Å². The predicted octanol–water partition coefficient (Wildman–Crippen LogP) is 4.78. The lowest BCUT2D eigenvalue weighted by Gasteiger charge is -2.35. The molecule has 36 heavy (non-hydrogen) atoms. The first-order valence-electron chi connectivity index (χ1n) is 13.0. The minimum Gasteiger partial charge on any atom is -0.444 e. The zero-order valence-electron chi connectivity index (χ0n) is 22.6. The van der Waals surface area contributed by atoms with E-state index in [9.17, 15) is 19.6 Å². The van der Waals surface area contributed by atoms with E-state index in [0.29, 0.717) is 12.0 Å². The van der Waals surface area contributed by atoms with Crippen LogP contribution < -0.4 is 10.6 Å². The van der Waals surface area contributed by atoms with Crippen LogP contribution in [0, 0.1) is 24.2 Å². The number of hydrogen-bond donors (Lipinski definition) is 2. The lowest BCUT2D eigenvalue weighted by atomic mass is 9.93. The summed E-state index contributed by atoms with van der Waals surface area (Å²) in [5.74, 6) is -1.04. The molecule has 0 radical (unpaired) electrons. The van der Waals surface area contributed by atoms with Gasteiger partial charge in [0.25, 0.3) is 0 Å². The summed E-state index contributed by atoms with van der Waals surface area (Å²) in [4.78, 5) is 41.5. The first-order valence-corrected chi connectivity index (χ1v) is 13.0. The van der Waals surface area contributed by atoms with Gasteiger partial charge in [-0.2, -0.15) is 5.26 Å². The Hall–Kier alpha value is -3.08. The van der Waals surface area contributed by atoms with Crippen molar-refractivity contribution in [1.82, 2.24) is 15.5 Å². The van der Waals surface area contributed by atoms with Crippen LogP contribution in [0.4, 0.5) is 4.79 Å². The molecular weight excluding hydrogens is 456 g/mol.